The Hall–Kier alpha value is -2.65. The summed E-state index contributed by atoms with van der Waals surface area (Å²) in [6, 6.07) is 5.41. The number of carbonyl (C=O) groups is 2. The molecule has 0 radical (unpaired) electrons. The number of nitrogens with one attached hydrogen (secondary N) is 2. The largest absolute Gasteiger partial charge is 0.389 e. The maximum absolute atomic E-state index is 12.6. The highest BCUT2D eigenvalue weighted by atomic mass is 16.3. The van der Waals surface area contributed by atoms with E-state index in [4.69, 9.17) is 0 Å². The summed E-state index contributed by atoms with van der Waals surface area (Å²) in [5.74, 6) is -0.111. The van der Waals surface area contributed by atoms with Gasteiger partial charge in [-0.1, -0.05) is 6.07 Å². The van der Waals surface area contributed by atoms with Crippen LogP contribution in [0.2, 0.25) is 0 Å². The first-order chi connectivity index (χ1) is 14.8. The maximum atomic E-state index is 12.6. The molecule has 2 aliphatic rings. The molecule has 2 heterocycles. The summed E-state index contributed by atoms with van der Waals surface area (Å²) in [5.41, 5.74) is 2.63. The average Bonchev–Trinajstić information content (AvgIpc) is 2.97. The van der Waals surface area contributed by atoms with Gasteiger partial charge in [-0.15, -0.1) is 0 Å². The van der Waals surface area contributed by atoms with Gasteiger partial charge in [0.25, 0.3) is 0 Å². The third kappa shape index (κ3) is 4.38. The van der Waals surface area contributed by atoms with E-state index in [1.165, 1.54) is 0 Å². The Morgan fingerprint density at radius 3 is 2.74 bits per heavy atom. The number of aryl methyl sites for hydroxylation is 3. The van der Waals surface area contributed by atoms with Gasteiger partial charge in [0.2, 0.25) is 11.8 Å². The van der Waals surface area contributed by atoms with Gasteiger partial charge >= 0.3 is 5.69 Å². The second kappa shape index (κ2) is 8.84. The zero-order valence-corrected chi connectivity index (χ0v) is 18.1. The number of fused-ring (bicyclic) bond motifs is 1. The lowest BCUT2D eigenvalue weighted by Gasteiger charge is -2.42. The van der Waals surface area contributed by atoms with Crippen LogP contribution in [-0.2, 0) is 30.1 Å². The molecule has 9 heteroatoms. The number of nitrogens with zero attached hydrogens (tertiary/aromatic N) is 3. The van der Waals surface area contributed by atoms with Crippen molar-refractivity contribution in [2.75, 3.05) is 19.6 Å². The first-order valence-corrected chi connectivity index (χ1v) is 11.0. The molecule has 1 aliphatic heterocycles. The van der Waals surface area contributed by atoms with Crippen LogP contribution in [0, 0.1) is 0 Å². The van der Waals surface area contributed by atoms with Crippen LogP contribution in [0.3, 0.4) is 0 Å². The number of aromatic nitrogens is 2. The molecule has 1 saturated heterocycles. The number of aliphatic hydroxyl groups excluding tert-OH is 1. The van der Waals surface area contributed by atoms with Crippen LogP contribution < -0.4 is 16.3 Å². The van der Waals surface area contributed by atoms with Crippen LogP contribution in [-0.4, -0.2) is 68.8 Å². The summed E-state index contributed by atoms with van der Waals surface area (Å²) in [7, 11) is 3.49. The van der Waals surface area contributed by atoms with Crippen molar-refractivity contribution < 1.29 is 14.7 Å². The summed E-state index contributed by atoms with van der Waals surface area (Å²) in [5, 5.41) is 16.7. The SMILES string of the molecule is Cn1c(=O)n(C)c2cc(CCC(=O)N[C@@H]3CCC[C@@H](N4CCNC(=O)C4)[C@@H]3O)ccc21. The fraction of sp³-hybridized carbons (Fsp3) is 0.591. The number of piperazine rings is 1. The highest BCUT2D eigenvalue weighted by Gasteiger charge is 2.37. The fourth-order valence-electron chi connectivity index (χ4n) is 4.90. The van der Waals surface area contributed by atoms with Crippen molar-refractivity contribution in [3.05, 3.63) is 34.2 Å². The van der Waals surface area contributed by atoms with E-state index in [1.54, 1.807) is 23.2 Å². The van der Waals surface area contributed by atoms with Crippen molar-refractivity contribution in [3.8, 4) is 0 Å². The van der Waals surface area contributed by atoms with E-state index < -0.39 is 6.10 Å². The van der Waals surface area contributed by atoms with Crippen molar-refractivity contribution in [2.45, 2.75) is 50.3 Å². The summed E-state index contributed by atoms with van der Waals surface area (Å²) >= 11 is 0. The molecule has 4 rings (SSSR count). The normalized spacial score (nSPS) is 24.9. The van der Waals surface area contributed by atoms with Gasteiger partial charge in [-0.25, -0.2) is 4.79 Å². The molecule has 1 aromatic heterocycles. The monoisotopic (exact) mass is 429 g/mol. The van der Waals surface area contributed by atoms with E-state index in [0.717, 1.165) is 42.4 Å². The van der Waals surface area contributed by atoms with Gasteiger partial charge in [0.15, 0.2) is 0 Å². The summed E-state index contributed by atoms with van der Waals surface area (Å²) < 4.78 is 3.22. The van der Waals surface area contributed by atoms with E-state index in [0.29, 0.717) is 25.9 Å². The van der Waals surface area contributed by atoms with E-state index >= 15 is 0 Å². The van der Waals surface area contributed by atoms with Crippen LogP contribution in [0.5, 0.6) is 0 Å². The topological polar surface area (TPSA) is 109 Å². The third-order valence-electron chi connectivity index (χ3n) is 6.68. The van der Waals surface area contributed by atoms with Crippen LogP contribution in [0.4, 0.5) is 0 Å². The molecule has 3 N–H and O–H groups in total. The maximum Gasteiger partial charge on any atom is 0.328 e. The highest BCUT2D eigenvalue weighted by molar-refractivity contribution is 5.79. The van der Waals surface area contributed by atoms with Gasteiger partial charge in [0, 0.05) is 39.6 Å². The second-order valence-electron chi connectivity index (χ2n) is 8.71. The van der Waals surface area contributed by atoms with Crippen LogP contribution >= 0.6 is 0 Å². The molecule has 2 fully saturated rings. The molecule has 168 valence electrons. The van der Waals surface area contributed by atoms with Crippen molar-refractivity contribution in [1.29, 1.82) is 0 Å². The molecule has 31 heavy (non-hydrogen) atoms. The molecule has 0 bridgehead atoms. The van der Waals surface area contributed by atoms with E-state index in [-0.39, 0.29) is 29.6 Å². The molecule has 1 aliphatic carbocycles. The number of benzene rings is 1. The Bertz CT molecular complexity index is 1040. The van der Waals surface area contributed by atoms with Crippen molar-refractivity contribution in [1.82, 2.24) is 24.7 Å². The predicted molar refractivity (Wildman–Crippen MR) is 117 cm³/mol. The minimum atomic E-state index is -0.682. The van der Waals surface area contributed by atoms with Crippen LogP contribution in [0.1, 0.15) is 31.2 Å². The molecule has 1 aromatic carbocycles. The first-order valence-electron chi connectivity index (χ1n) is 11.0. The van der Waals surface area contributed by atoms with Gasteiger partial charge in [-0.2, -0.15) is 0 Å². The van der Waals surface area contributed by atoms with Crippen molar-refractivity contribution in [3.63, 3.8) is 0 Å². The first kappa shape index (κ1) is 21.6. The number of carbonyl (C=O) groups excluding carboxylic acids is 2. The zero-order valence-electron chi connectivity index (χ0n) is 18.1. The summed E-state index contributed by atoms with van der Waals surface area (Å²) in [4.78, 5) is 38.4. The minimum absolute atomic E-state index is 0.0162. The lowest BCUT2D eigenvalue weighted by Crippen LogP contribution is -2.60. The fourth-order valence-corrected chi connectivity index (χ4v) is 4.90. The van der Waals surface area contributed by atoms with Gasteiger partial charge in [0.05, 0.1) is 29.7 Å². The summed E-state index contributed by atoms with van der Waals surface area (Å²) in [6.45, 7) is 1.61. The number of imidazole rings is 1. The number of hydrogen-bond donors (Lipinski definition) is 3. The molecule has 9 nitrogen and oxygen atoms in total. The van der Waals surface area contributed by atoms with Gasteiger partial charge in [0.1, 0.15) is 0 Å². The zero-order chi connectivity index (χ0) is 22.1. The Labute approximate surface area is 181 Å². The van der Waals surface area contributed by atoms with Gasteiger partial charge < -0.3 is 15.7 Å². The van der Waals surface area contributed by atoms with Crippen LogP contribution in [0.15, 0.2) is 23.0 Å². The number of aliphatic hydroxyl groups is 1. The molecular formula is C22H31N5O4. The van der Waals surface area contributed by atoms with E-state index in [9.17, 15) is 19.5 Å². The lowest BCUT2D eigenvalue weighted by atomic mass is 9.86. The Kier molecular flexibility index (Phi) is 6.15. The quantitative estimate of drug-likeness (QED) is 0.602. The second-order valence-corrected chi connectivity index (χ2v) is 8.71. The molecule has 1 saturated carbocycles. The predicted octanol–water partition coefficient (Wildman–Crippen LogP) is -0.360. The molecule has 2 aromatic rings. The number of hydrogen-bond acceptors (Lipinski definition) is 5. The molecule has 2 amide bonds. The molecule has 0 unspecified atom stereocenters. The minimum Gasteiger partial charge on any atom is -0.389 e. The average molecular weight is 430 g/mol. The van der Waals surface area contributed by atoms with Crippen LogP contribution in [0.25, 0.3) is 11.0 Å². The van der Waals surface area contributed by atoms with E-state index in [1.807, 2.05) is 23.1 Å². The molecule has 3 atom stereocenters. The smallest absolute Gasteiger partial charge is 0.328 e. The van der Waals surface area contributed by atoms with E-state index in [2.05, 4.69) is 10.6 Å². The molecule has 0 spiro atoms. The van der Waals surface area contributed by atoms with Crippen molar-refractivity contribution >= 4 is 22.8 Å². The third-order valence-corrected chi connectivity index (χ3v) is 6.68. The van der Waals surface area contributed by atoms with Gasteiger partial charge in [-0.3, -0.25) is 23.6 Å². The Morgan fingerprint density at radius 1 is 1.19 bits per heavy atom. The number of amides is 2. The Morgan fingerprint density at radius 2 is 1.97 bits per heavy atom. The van der Waals surface area contributed by atoms with Gasteiger partial charge in [-0.05, 0) is 43.4 Å². The van der Waals surface area contributed by atoms with Crippen molar-refractivity contribution in [2.24, 2.45) is 14.1 Å². The highest BCUT2D eigenvalue weighted by Crippen LogP contribution is 2.24. The lowest BCUT2D eigenvalue weighted by molar-refractivity contribution is -0.128. The Balaban J connectivity index is 1.35. The number of rotatable bonds is 5. The molecular weight excluding hydrogens is 398 g/mol. The standard InChI is InChI=1S/C22H31N5O4/c1-25-16-8-6-14(12-18(16)26(2)22(25)31)7-9-19(28)24-15-4-3-5-17(21(15)30)27-11-10-23-20(29)13-27/h6,8,12,15,17,21,30H,3-5,7,9-11,13H2,1-2H3,(H,23,29)(H,24,28)/t15-,17-,21-/m1/s1. The summed E-state index contributed by atoms with van der Waals surface area (Å²) in [6.07, 6.45) is 2.66.